The average molecular weight is 357 g/mol. The van der Waals surface area contributed by atoms with Crippen molar-refractivity contribution in [3.8, 4) is 0 Å². The van der Waals surface area contributed by atoms with Gasteiger partial charge in [0.1, 0.15) is 4.90 Å². The quantitative estimate of drug-likeness (QED) is 0.821. The number of aryl methyl sites for hydroxylation is 2. The van der Waals surface area contributed by atoms with Crippen LogP contribution < -0.4 is 10.5 Å². The third kappa shape index (κ3) is 3.26. The van der Waals surface area contributed by atoms with Crippen LogP contribution in [0.4, 0.5) is 11.6 Å². The molecule has 0 bridgehead atoms. The number of hydrogen-bond donors (Lipinski definition) is 2. The number of sulfonamides is 1. The second kappa shape index (κ2) is 5.37. The Hall–Kier alpha value is -1.67. The highest BCUT2D eigenvalue weighted by Crippen LogP contribution is 2.24. The van der Waals surface area contributed by atoms with E-state index in [1.807, 2.05) is 0 Å². The van der Waals surface area contributed by atoms with E-state index in [1.165, 1.54) is 12.1 Å². The van der Waals surface area contributed by atoms with Crippen LogP contribution in [0, 0.1) is 13.8 Å². The molecule has 6 nitrogen and oxygen atoms in total. The largest absolute Gasteiger partial charge is 0.398 e. The molecule has 3 N–H and O–H groups in total. The summed E-state index contributed by atoms with van der Waals surface area (Å²) in [7, 11) is -3.83. The molecule has 0 saturated heterocycles. The summed E-state index contributed by atoms with van der Waals surface area (Å²) in [6, 6.07) is 6.37. The van der Waals surface area contributed by atoms with Gasteiger partial charge < -0.3 is 5.73 Å². The van der Waals surface area contributed by atoms with Crippen LogP contribution in [0.3, 0.4) is 0 Å². The highest BCUT2D eigenvalue weighted by molar-refractivity contribution is 9.10. The molecule has 0 fully saturated rings. The summed E-state index contributed by atoms with van der Waals surface area (Å²) in [5.41, 5.74) is 7.22. The lowest BCUT2D eigenvalue weighted by Crippen LogP contribution is -2.17. The molecular weight excluding hydrogens is 344 g/mol. The van der Waals surface area contributed by atoms with Gasteiger partial charge in [0.2, 0.25) is 5.95 Å². The molecule has 1 heterocycles. The van der Waals surface area contributed by atoms with Crippen molar-refractivity contribution in [2.45, 2.75) is 18.7 Å². The molecule has 2 rings (SSSR count). The molecule has 0 atom stereocenters. The Balaban J connectivity index is 2.43. The Morgan fingerprint density at radius 2 is 1.75 bits per heavy atom. The highest BCUT2D eigenvalue weighted by atomic mass is 79.9. The SMILES string of the molecule is Cc1cc(C)nc(NS(=O)(=O)c2cc(Br)ccc2N)n1. The molecule has 20 heavy (non-hydrogen) atoms. The van der Waals surface area contributed by atoms with Gasteiger partial charge in [-0.15, -0.1) is 0 Å². The fourth-order valence-electron chi connectivity index (χ4n) is 1.69. The number of nitrogen functional groups attached to an aromatic ring is 1. The molecule has 0 spiro atoms. The number of nitrogens with zero attached hydrogens (tertiary/aromatic N) is 2. The zero-order valence-corrected chi connectivity index (χ0v) is 13.3. The number of halogens is 1. The minimum absolute atomic E-state index is 0.0189. The molecular formula is C12H13BrN4O2S. The number of hydrogen-bond acceptors (Lipinski definition) is 5. The van der Waals surface area contributed by atoms with Gasteiger partial charge in [-0.05, 0) is 38.1 Å². The Morgan fingerprint density at radius 3 is 2.35 bits per heavy atom. The smallest absolute Gasteiger partial charge is 0.266 e. The van der Waals surface area contributed by atoms with Crippen LogP contribution in [0.2, 0.25) is 0 Å². The average Bonchev–Trinajstić information content (AvgIpc) is 2.30. The van der Waals surface area contributed by atoms with E-state index >= 15 is 0 Å². The van der Waals surface area contributed by atoms with Gasteiger partial charge in [0.25, 0.3) is 10.0 Å². The van der Waals surface area contributed by atoms with Crippen molar-refractivity contribution in [1.82, 2.24) is 9.97 Å². The molecule has 0 unspecified atom stereocenters. The van der Waals surface area contributed by atoms with Crippen molar-refractivity contribution >= 4 is 37.6 Å². The molecule has 2 aromatic rings. The summed E-state index contributed by atoms with van der Waals surface area (Å²) >= 11 is 3.22. The number of nitrogens with one attached hydrogen (secondary N) is 1. The number of benzene rings is 1. The first-order chi connectivity index (χ1) is 9.28. The summed E-state index contributed by atoms with van der Waals surface area (Å²) in [5, 5.41) is 0. The van der Waals surface area contributed by atoms with Crippen molar-refractivity contribution in [3.05, 3.63) is 40.1 Å². The maximum Gasteiger partial charge on any atom is 0.266 e. The third-order valence-corrected chi connectivity index (χ3v) is 4.35. The second-order valence-corrected chi connectivity index (χ2v) is 6.83. The maximum absolute atomic E-state index is 12.3. The third-order valence-electron chi connectivity index (χ3n) is 2.47. The highest BCUT2D eigenvalue weighted by Gasteiger charge is 2.19. The minimum atomic E-state index is -3.83. The lowest BCUT2D eigenvalue weighted by atomic mass is 10.3. The number of rotatable bonds is 3. The summed E-state index contributed by atoms with van der Waals surface area (Å²) in [4.78, 5) is 8.07. The summed E-state index contributed by atoms with van der Waals surface area (Å²) in [5.74, 6) is 0.0295. The van der Waals surface area contributed by atoms with Gasteiger partial charge in [0.05, 0.1) is 5.69 Å². The summed E-state index contributed by atoms with van der Waals surface area (Å²) < 4.78 is 27.6. The lowest BCUT2D eigenvalue weighted by Gasteiger charge is -2.10. The monoisotopic (exact) mass is 356 g/mol. The molecule has 1 aromatic heterocycles. The Labute approximate surface area is 125 Å². The maximum atomic E-state index is 12.3. The van der Waals surface area contributed by atoms with Gasteiger partial charge in [-0.1, -0.05) is 15.9 Å². The number of aromatic nitrogens is 2. The van der Waals surface area contributed by atoms with Crippen molar-refractivity contribution in [3.63, 3.8) is 0 Å². The summed E-state index contributed by atoms with van der Waals surface area (Å²) in [6.07, 6.45) is 0. The van der Waals surface area contributed by atoms with Gasteiger partial charge in [0, 0.05) is 15.9 Å². The van der Waals surface area contributed by atoms with Crippen LogP contribution in [0.1, 0.15) is 11.4 Å². The normalized spacial score (nSPS) is 11.3. The number of anilines is 2. The van der Waals surface area contributed by atoms with Crippen molar-refractivity contribution in [2.75, 3.05) is 10.5 Å². The van der Waals surface area contributed by atoms with E-state index in [0.717, 1.165) is 0 Å². The van der Waals surface area contributed by atoms with E-state index in [0.29, 0.717) is 15.9 Å². The van der Waals surface area contributed by atoms with Crippen molar-refractivity contribution in [1.29, 1.82) is 0 Å². The van der Waals surface area contributed by atoms with E-state index in [-0.39, 0.29) is 16.5 Å². The fraction of sp³-hybridized carbons (Fsp3) is 0.167. The van der Waals surface area contributed by atoms with Gasteiger partial charge in [-0.3, -0.25) is 0 Å². The molecule has 0 saturated carbocycles. The van der Waals surface area contributed by atoms with Crippen LogP contribution in [-0.2, 0) is 10.0 Å². The van der Waals surface area contributed by atoms with E-state index in [9.17, 15) is 8.42 Å². The van der Waals surface area contributed by atoms with E-state index in [4.69, 9.17) is 5.73 Å². The molecule has 1 aromatic carbocycles. The predicted molar refractivity (Wildman–Crippen MR) is 80.9 cm³/mol. The molecule has 0 aliphatic heterocycles. The zero-order chi connectivity index (χ0) is 14.9. The Bertz CT molecular complexity index is 742. The van der Waals surface area contributed by atoms with Crippen LogP contribution >= 0.6 is 15.9 Å². The predicted octanol–water partition coefficient (Wildman–Crippen LogP) is 2.24. The van der Waals surface area contributed by atoms with Gasteiger partial charge in [-0.25, -0.2) is 23.1 Å². The Kier molecular flexibility index (Phi) is 3.96. The van der Waals surface area contributed by atoms with Gasteiger partial charge in [0.15, 0.2) is 0 Å². The molecule has 0 radical (unpaired) electrons. The second-order valence-electron chi connectivity index (χ2n) is 4.26. The topological polar surface area (TPSA) is 98.0 Å². The molecule has 0 aliphatic rings. The Morgan fingerprint density at radius 1 is 1.15 bits per heavy atom. The zero-order valence-electron chi connectivity index (χ0n) is 10.9. The van der Waals surface area contributed by atoms with Crippen LogP contribution in [-0.4, -0.2) is 18.4 Å². The van der Waals surface area contributed by atoms with E-state index in [2.05, 4.69) is 30.6 Å². The molecule has 0 amide bonds. The van der Waals surface area contributed by atoms with E-state index in [1.54, 1.807) is 26.0 Å². The fourth-order valence-corrected chi connectivity index (χ4v) is 3.30. The molecule has 106 valence electrons. The lowest BCUT2D eigenvalue weighted by molar-refractivity contribution is 0.601. The first-order valence-electron chi connectivity index (χ1n) is 5.68. The minimum Gasteiger partial charge on any atom is -0.398 e. The standard InChI is InChI=1S/C12H13BrN4O2S/c1-7-5-8(2)16-12(15-7)17-20(18,19)11-6-9(13)3-4-10(11)14/h3-6H,14H2,1-2H3,(H,15,16,17). The number of nitrogens with two attached hydrogens (primary N) is 1. The first kappa shape index (κ1) is 14.7. The van der Waals surface area contributed by atoms with Crippen LogP contribution in [0.15, 0.2) is 33.6 Å². The van der Waals surface area contributed by atoms with Gasteiger partial charge >= 0.3 is 0 Å². The van der Waals surface area contributed by atoms with Crippen molar-refractivity contribution < 1.29 is 8.42 Å². The van der Waals surface area contributed by atoms with E-state index < -0.39 is 10.0 Å². The van der Waals surface area contributed by atoms with Crippen LogP contribution in [0.5, 0.6) is 0 Å². The van der Waals surface area contributed by atoms with Crippen LogP contribution in [0.25, 0.3) is 0 Å². The molecule has 8 heteroatoms. The van der Waals surface area contributed by atoms with Crippen molar-refractivity contribution in [2.24, 2.45) is 0 Å². The summed E-state index contributed by atoms with van der Waals surface area (Å²) in [6.45, 7) is 3.53. The first-order valence-corrected chi connectivity index (χ1v) is 7.96. The molecule has 0 aliphatic carbocycles. The van der Waals surface area contributed by atoms with Gasteiger partial charge in [-0.2, -0.15) is 0 Å².